The quantitative estimate of drug-likeness (QED) is 0.769. The summed E-state index contributed by atoms with van der Waals surface area (Å²) in [6, 6.07) is 10.7. The highest BCUT2D eigenvalue weighted by molar-refractivity contribution is 6.33. The molecule has 3 rings (SSSR count). The largest absolute Gasteiger partial charge is 0.497 e. The molecule has 22 heavy (non-hydrogen) atoms. The maximum absolute atomic E-state index is 6.14. The highest BCUT2D eigenvalue weighted by atomic mass is 35.5. The van der Waals surface area contributed by atoms with Crippen LogP contribution in [0.25, 0.3) is 5.82 Å². The van der Waals surface area contributed by atoms with Crippen LogP contribution < -0.4 is 15.8 Å². The summed E-state index contributed by atoms with van der Waals surface area (Å²) in [5.74, 6) is 1.79. The third-order valence-electron chi connectivity index (χ3n) is 2.92. The van der Waals surface area contributed by atoms with Crippen LogP contribution in [0.15, 0.2) is 42.6 Å². The number of anilines is 3. The Morgan fingerprint density at radius 2 is 2.14 bits per heavy atom. The van der Waals surface area contributed by atoms with Crippen LogP contribution in [0.1, 0.15) is 0 Å². The Morgan fingerprint density at radius 3 is 2.86 bits per heavy atom. The number of halogens is 1. The van der Waals surface area contributed by atoms with Crippen molar-refractivity contribution in [2.45, 2.75) is 0 Å². The van der Waals surface area contributed by atoms with Crippen molar-refractivity contribution >= 4 is 29.2 Å². The van der Waals surface area contributed by atoms with Crippen LogP contribution in [0.2, 0.25) is 5.02 Å². The number of hydrogen-bond donors (Lipinski definition) is 2. The summed E-state index contributed by atoms with van der Waals surface area (Å²) in [4.78, 5) is 8.34. The van der Waals surface area contributed by atoms with Gasteiger partial charge in [0.1, 0.15) is 5.75 Å². The van der Waals surface area contributed by atoms with E-state index in [-0.39, 0.29) is 5.95 Å². The molecule has 0 atom stereocenters. The summed E-state index contributed by atoms with van der Waals surface area (Å²) >= 11 is 6.14. The smallest absolute Gasteiger partial charge is 0.248 e. The molecule has 0 aliphatic heterocycles. The van der Waals surface area contributed by atoms with E-state index in [2.05, 4.69) is 20.4 Å². The van der Waals surface area contributed by atoms with E-state index in [0.717, 1.165) is 0 Å². The van der Waals surface area contributed by atoms with Crippen molar-refractivity contribution in [3.8, 4) is 11.6 Å². The van der Waals surface area contributed by atoms with Crippen LogP contribution in [0, 0.1) is 0 Å². The van der Waals surface area contributed by atoms with Crippen LogP contribution in [0.3, 0.4) is 0 Å². The number of aromatic nitrogens is 4. The average molecular weight is 317 g/mol. The van der Waals surface area contributed by atoms with Gasteiger partial charge in [-0.3, -0.25) is 0 Å². The fourth-order valence-electron chi connectivity index (χ4n) is 1.87. The molecule has 0 radical (unpaired) electrons. The number of nitrogens with one attached hydrogen (secondary N) is 1. The number of methoxy groups -OCH3 is 1. The maximum Gasteiger partial charge on any atom is 0.248 e. The first kappa shape index (κ1) is 14.2. The second-order valence-corrected chi connectivity index (χ2v) is 4.77. The number of ether oxygens (including phenoxy) is 1. The molecule has 3 N–H and O–H groups in total. The third-order valence-corrected chi connectivity index (χ3v) is 3.25. The third kappa shape index (κ3) is 2.79. The van der Waals surface area contributed by atoms with Gasteiger partial charge in [0.05, 0.1) is 17.8 Å². The normalized spacial score (nSPS) is 10.5. The standard InChI is InChI=1S/C14H13ClN6O/c1-22-9-5-6-10(15)11(8-9)18-14-19-13(16)21(20-14)12-4-2-3-7-17-12/h2-8H,1H3,(H3,16,18,19,20). The predicted molar refractivity (Wildman–Crippen MR) is 84.9 cm³/mol. The van der Waals surface area contributed by atoms with Crippen molar-refractivity contribution in [3.05, 3.63) is 47.6 Å². The lowest BCUT2D eigenvalue weighted by atomic mass is 10.3. The molecular formula is C14H13ClN6O. The van der Waals surface area contributed by atoms with E-state index in [1.807, 2.05) is 12.1 Å². The minimum Gasteiger partial charge on any atom is -0.497 e. The Balaban J connectivity index is 1.91. The Kier molecular flexibility index (Phi) is 3.80. The molecule has 112 valence electrons. The summed E-state index contributed by atoms with van der Waals surface area (Å²) in [6.07, 6.45) is 1.66. The number of benzene rings is 1. The molecule has 0 spiro atoms. The van der Waals surface area contributed by atoms with E-state index in [0.29, 0.717) is 28.2 Å². The molecule has 2 aromatic heterocycles. The van der Waals surface area contributed by atoms with Crippen molar-refractivity contribution in [3.63, 3.8) is 0 Å². The summed E-state index contributed by atoms with van der Waals surface area (Å²) < 4.78 is 6.61. The van der Waals surface area contributed by atoms with Gasteiger partial charge in [0, 0.05) is 12.3 Å². The summed E-state index contributed by atoms with van der Waals surface area (Å²) in [5.41, 5.74) is 6.50. The van der Waals surface area contributed by atoms with Gasteiger partial charge in [-0.25, -0.2) is 4.98 Å². The zero-order chi connectivity index (χ0) is 15.5. The second-order valence-electron chi connectivity index (χ2n) is 4.36. The Labute approximate surface area is 131 Å². The summed E-state index contributed by atoms with van der Waals surface area (Å²) in [7, 11) is 1.58. The van der Waals surface area contributed by atoms with Gasteiger partial charge in [0.2, 0.25) is 11.9 Å². The lowest BCUT2D eigenvalue weighted by molar-refractivity contribution is 0.415. The lowest BCUT2D eigenvalue weighted by Crippen LogP contribution is -2.04. The molecule has 1 aromatic carbocycles. The van der Waals surface area contributed by atoms with Crippen LogP contribution in [0.5, 0.6) is 5.75 Å². The van der Waals surface area contributed by atoms with Crippen LogP contribution in [0.4, 0.5) is 17.6 Å². The molecule has 2 heterocycles. The monoisotopic (exact) mass is 316 g/mol. The Bertz CT molecular complexity index is 789. The Morgan fingerprint density at radius 1 is 1.27 bits per heavy atom. The van der Waals surface area contributed by atoms with Gasteiger partial charge < -0.3 is 15.8 Å². The van der Waals surface area contributed by atoms with E-state index in [9.17, 15) is 0 Å². The second kappa shape index (κ2) is 5.90. The number of nitrogens with zero attached hydrogens (tertiary/aromatic N) is 4. The van der Waals surface area contributed by atoms with Crippen LogP contribution in [-0.2, 0) is 0 Å². The topological polar surface area (TPSA) is 90.9 Å². The van der Waals surface area contributed by atoms with Crippen LogP contribution >= 0.6 is 11.6 Å². The molecule has 3 aromatic rings. The number of nitrogen functional groups attached to an aromatic ring is 1. The number of hydrogen-bond acceptors (Lipinski definition) is 6. The van der Waals surface area contributed by atoms with Gasteiger partial charge in [-0.2, -0.15) is 9.67 Å². The first-order chi connectivity index (χ1) is 10.7. The fraction of sp³-hybridized carbons (Fsp3) is 0.0714. The van der Waals surface area contributed by atoms with E-state index in [1.54, 1.807) is 37.6 Å². The number of nitrogens with two attached hydrogens (primary N) is 1. The molecule has 0 fully saturated rings. The first-order valence-electron chi connectivity index (χ1n) is 6.42. The van der Waals surface area contributed by atoms with E-state index >= 15 is 0 Å². The van der Waals surface area contributed by atoms with Gasteiger partial charge in [-0.05, 0) is 24.3 Å². The minimum atomic E-state index is 0.222. The average Bonchev–Trinajstić information content (AvgIpc) is 2.91. The Hall–Kier alpha value is -2.80. The minimum absolute atomic E-state index is 0.222. The maximum atomic E-state index is 6.14. The highest BCUT2D eigenvalue weighted by Crippen LogP contribution is 2.28. The predicted octanol–water partition coefficient (Wildman–Crippen LogP) is 2.65. The molecular weight excluding hydrogens is 304 g/mol. The SMILES string of the molecule is COc1ccc(Cl)c(Nc2nc(N)n(-c3ccccn3)n2)c1. The number of rotatable bonds is 4. The van der Waals surface area contributed by atoms with Gasteiger partial charge in [0.15, 0.2) is 5.82 Å². The zero-order valence-corrected chi connectivity index (χ0v) is 12.4. The van der Waals surface area contributed by atoms with Gasteiger partial charge in [-0.1, -0.05) is 17.7 Å². The van der Waals surface area contributed by atoms with E-state index < -0.39 is 0 Å². The fourth-order valence-corrected chi connectivity index (χ4v) is 2.04. The van der Waals surface area contributed by atoms with Gasteiger partial charge in [-0.15, -0.1) is 5.10 Å². The molecule has 0 amide bonds. The first-order valence-corrected chi connectivity index (χ1v) is 6.79. The molecule has 0 bridgehead atoms. The van der Waals surface area contributed by atoms with Crippen molar-refractivity contribution in [1.82, 2.24) is 19.7 Å². The molecule has 7 nitrogen and oxygen atoms in total. The van der Waals surface area contributed by atoms with Crippen molar-refractivity contribution < 1.29 is 4.74 Å². The van der Waals surface area contributed by atoms with Crippen molar-refractivity contribution in [2.24, 2.45) is 0 Å². The highest BCUT2D eigenvalue weighted by Gasteiger charge is 2.11. The zero-order valence-electron chi connectivity index (χ0n) is 11.7. The van der Waals surface area contributed by atoms with Gasteiger partial charge in [0.25, 0.3) is 0 Å². The molecule has 0 unspecified atom stereocenters. The molecule has 8 heteroatoms. The molecule has 0 saturated heterocycles. The van der Waals surface area contributed by atoms with Gasteiger partial charge >= 0.3 is 0 Å². The molecule has 0 aliphatic carbocycles. The van der Waals surface area contributed by atoms with Crippen molar-refractivity contribution in [1.29, 1.82) is 0 Å². The van der Waals surface area contributed by atoms with Crippen molar-refractivity contribution in [2.75, 3.05) is 18.2 Å². The summed E-state index contributed by atoms with van der Waals surface area (Å²) in [5, 5.41) is 7.82. The van der Waals surface area contributed by atoms with Crippen LogP contribution in [-0.4, -0.2) is 26.9 Å². The molecule has 0 aliphatic rings. The molecule has 0 saturated carbocycles. The van der Waals surface area contributed by atoms with E-state index in [1.165, 1.54) is 4.68 Å². The van der Waals surface area contributed by atoms with E-state index in [4.69, 9.17) is 22.1 Å². The lowest BCUT2D eigenvalue weighted by Gasteiger charge is -2.06. The summed E-state index contributed by atoms with van der Waals surface area (Å²) in [6.45, 7) is 0. The number of pyridine rings is 1.